The third-order valence-electron chi connectivity index (χ3n) is 7.07. The minimum Gasteiger partial charge on any atom is -0.405 e. The van der Waals surface area contributed by atoms with Crippen LogP contribution in [0.4, 0.5) is 15.3 Å². The summed E-state index contributed by atoms with van der Waals surface area (Å²) in [5.41, 5.74) is 6.96. The number of aromatic nitrogens is 3. The molecule has 4 N–H and O–H groups in total. The van der Waals surface area contributed by atoms with Gasteiger partial charge in [-0.1, -0.05) is 35.7 Å². The summed E-state index contributed by atoms with van der Waals surface area (Å²) in [6, 6.07) is 9.62. The van der Waals surface area contributed by atoms with Gasteiger partial charge in [0.25, 0.3) is 5.91 Å². The van der Waals surface area contributed by atoms with E-state index in [1.165, 1.54) is 23.6 Å². The maximum atomic E-state index is 15.7. The van der Waals surface area contributed by atoms with E-state index < -0.39 is 11.7 Å². The van der Waals surface area contributed by atoms with Gasteiger partial charge in [0.15, 0.2) is 5.13 Å². The Morgan fingerprint density at radius 2 is 2.07 bits per heavy atom. The zero-order valence-corrected chi connectivity index (χ0v) is 25.4. The monoisotopic (exact) mass is 609 g/mol. The van der Waals surface area contributed by atoms with Crippen LogP contribution in [0.3, 0.4) is 0 Å². The normalized spacial score (nSPS) is 15.8. The molecule has 1 aliphatic heterocycles. The van der Waals surface area contributed by atoms with Crippen LogP contribution in [0.1, 0.15) is 24.1 Å². The number of likely N-dealkylation sites (tertiary alicyclic amines) is 1. The Balaban J connectivity index is 1.43. The van der Waals surface area contributed by atoms with Crippen molar-refractivity contribution in [2.45, 2.75) is 29.4 Å². The van der Waals surface area contributed by atoms with Crippen molar-refractivity contribution < 1.29 is 13.9 Å². The van der Waals surface area contributed by atoms with Gasteiger partial charge in [0.2, 0.25) is 0 Å². The smallest absolute Gasteiger partial charge is 0.253 e. The summed E-state index contributed by atoms with van der Waals surface area (Å²) in [5, 5.41) is 6.70. The van der Waals surface area contributed by atoms with Gasteiger partial charge in [-0.15, -0.1) is 0 Å². The molecule has 12 heteroatoms. The van der Waals surface area contributed by atoms with Gasteiger partial charge in [-0.05, 0) is 75.0 Å². The first-order valence-electron chi connectivity index (χ1n) is 13.6. The average molecular weight is 610 g/mol. The summed E-state index contributed by atoms with van der Waals surface area (Å²) in [7, 11) is 1.70. The quantitative estimate of drug-likeness (QED) is 0.138. The van der Waals surface area contributed by atoms with Gasteiger partial charge < -0.3 is 26.0 Å². The molecule has 1 fully saturated rings. The Hall–Kier alpha value is -3.58. The molecule has 9 nitrogen and oxygen atoms in total. The van der Waals surface area contributed by atoms with Crippen molar-refractivity contribution in [1.82, 2.24) is 25.2 Å². The van der Waals surface area contributed by atoms with Gasteiger partial charge in [0, 0.05) is 43.7 Å². The molecule has 222 valence electrons. The predicted molar refractivity (Wildman–Crippen MR) is 167 cm³/mol. The highest BCUT2D eigenvalue weighted by Crippen LogP contribution is 2.38. The first-order chi connectivity index (χ1) is 20.3. The molecule has 3 aromatic heterocycles. The Morgan fingerprint density at radius 3 is 2.76 bits per heavy atom. The summed E-state index contributed by atoms with van der Waals surface area (Å²) in [6.45, 7) is 9.27. The first kappa shape index (κ1) is 31.4. The van der Waals surface area contributed by atoms with Gasteiger partial charge in [0.05, 0.1) is 27.5 Å². The number of allylic oxidation sites excluding steroid dienone is 1. The van der Waals surface area contributed by atoms with Gasteiger partial charge in [-0.2, -0.15) is 0 Å². The molecule has 1 aliphatic rings. The molecule has 0 radical (unpaired) electrons. The van der Waals surface area contributed by atoms with Crippen LogP contribution in [0.5, 0.6) is 0 Å². The summed E-state index contributed by atoms with van der Waals surface area (Å²) in [6.07, 6.45) is 9.35. The molecular formula is C30H36FN7O2S2. The standard InChI is InChI=1S/C30H36FN7O2S2/c1-21-8-13-34-25(18-21)37-29-35-19-26(42-29)41-23(7-11-32)27(31)22(2)28(39)36-20-30(24-6-4-5-12-33-24)9-14-38(15-10-30)16-17-40-3/h4-8,11-13,18-19H,2,9-10,14-17,20,32H2,1,3H3,(H,36,39)(H,34,35,37)/b11-7-,27-23-. The Labute approximate surface area is 254 Å². The van der Waals surface area contributed by atoms with Crippen molar-refractivity contribution in [1.29, 1.82) is 0 Å². The highest BCUT2D eigenvalue weighted by atomic mass is 32.2. The summed E-state index contributed by atoms with van der Waals surface area (Å²) in [4.78, 5) is 28.9. The third kappa shape index (κ3) is 8.25. The minimum atomic E-state index is -0.747. The molecule has 42 heavy (non-hydrogen) atoms. The van der Waals surface area contributed by atoms with E-state index in [1.807, 2.05) is 37.3 Å². The number of piperidine rings is 1. The number of halogens is 1. The number of ether oxygens (including phenoxy) is 1. The molecule has 0 saturated carbocycles. The number of thioether (sulfide) groups is 1. The van der Waals surface area contributed by atoms with Gasteiger partial charge >= 0.3 is 0 Å². The molecule has 0 unspecified atom stereocenters. The lowest BCUT2D eigenvalue weighted by atomic mass is 9.75. The van der Waals surface area contributed by atoms with E-state index in [2.05, 4.69) is 37.1 Å². The molecule has 1 amide bonds. The Morgan fingerprint density at radius 1 is 1.26 bits per heavy atom. The van der Waals surface area contributed by atoms with E-state index in [0.29, 0.717) is 28.3 Å². The molecule has 0 bridgehead atoms. The lowest BCUT2D eigenvalue weighted by Crippen LogP contribution is -2.50. The number of amides is 1. The van der Waals surface area contributed by atoms with Crippen LogP contribution in [0.2, 0.25) is 0 Å². The highest BCUT2D eigenvalue weighted by molar-refractivity contribution is 8.05. The zero-order chi connectivity index (χ0) is 30.0. The van der Waals surface area contributed by atoms with Crippen LogP contribution in [0.25, 0.3) is 0 Å². The number of carbonyl (C=O) groups excluding carboxylic acids is 1. The van der Waals surface area contributed by atoms with Crippen molar-refractivity contribution in [2.75, 3.05) is 45.2 Å². The molecule has 4 rings (SSSR count). The largest absolute Gasteiger partial charge is 0.405 e. The summed E-state index contributed by atoms with van der Waals surface area (Å²) >= 11 is 2.45. The Bertz CT molecular complexity index is 1420. The van der Waals surface area contributed by atoms with Crippen LogP contribution in [-0.2, 0) is 14.9 Å². The van der Waals surface area contributed by atoms with Crippen molar-refractivity contribution >= 4 is 40.0 Å². The maximum Gasteiger partial charge on any atom is 0.253 e. The molecule has 0 aliphatic carbocycles. The second-order valence-corrected chi connectivity index (χ2v) is 12.3. The number of methoxy groups -OCH3 is 1. The highest BCUT2D eigenvalue weighted by Gasteiger charge is 2.38. The van der Waals surface area contributed by atoms with Crippen molar-refractivity contribution in [3.63, 3.8) is 0 Å². The number of hydrogen-bond donors (Lipinski definition) is 3. The van der Waals surface area contributed by atoms with Crippen LogP contribution in [0.15, 0.2) is 88.3 Å². The number of aryl methyl sites for hydroxylation is 1. The van der Waals surface area contributed by atoms with E-state index in [-0.39, 0.29) is 15.9 Å². The number of nitrogens with zero attached hydrogens (tertiary/aromatic N) is 4. The molecule has 1 saturated heterocycles. The number of thiazole rings is 1. The predicted octanol–water partition coefficient (Wildman–Crippen LogP) is 5.08. The second kappa shape index (κ2) is 15.1. The number of hydrogen-bond acceptors (Lipinski definition) is 10. The van der Waals surface area contributed by atoms with Gasteiger partial charge in [-0.3, -0.25) is 9.78 Å². The second-order valence-electron chi connectivity index (χ2n) is 9.96. The van der Waals surface area contributed by atoms with E-state index in [9.17, 15) is 4.79 Å². The molecular weight excluding hydrogens is 574 g/mol. The van der Waals surface area contributed by atoms with Crippen LogP contribution < -0.4 is 16.4 Å². The van der Waals surface area contributed by atoms with E-state index >= 15 is 4.39 Å². The molecule has 0 atom stereocenters. The number of carbonyl (C=O) groups is 1. The fourth-order valence-corrected chi connectivity index (χ4v) is 6.57. The number of nitrogens with one attached hydrogen (secondary N) is 2. The van der Waals surface area contributed by atoms with Crippen molar-refractivity contribution in [2.24, 2.45) is 5.73 Å². The number of anilines is 2. The zero-order valence-electron chi connectivity index (χ0n) is 23.8. The lowest BCUT2D eigenvalue weighted by molar-refractivity contribution is -0.117. The molecule has 3 aromatic rings. The van der Waals surface area contributed by atoms with E-state index in [4.69, 9.17) is 10.5 Å². The van der Waals surface area contributed by atoms with Crippen molar-refractivity contribution in [3.8, 4) is 0 Å². The van der Waals surface area contributed by atoms with Crippen LogP contribution in [0, 0.1) is 6.92 Å². The van der Waals surface area contributed by atoms with Gasteiger partial charge in [-0.25, -0.2) is 14.4 Å². The maximum absolute atomic E-state index is 15.7. The van der Waals surface area contributed by atoms with E-state index in [0.717, 1.165) is 55.5 Å². The van der Waals surface area contributed by atoms with E-state index in [1.54, 1.807) is 25.7 Å². The topological polar surface area (TPSA) is 118 Å². The Kier molecular flexibility index (Phi) is 11.2. The molecule has 4 heterocycles. The fraction of sp³-hybridized carbons (Fsp3) is 0.333. The van der Waals surface area contributed by atoms with Crippen molar-refractivity contribution in [3.05, 3.63) is 95.3 Å². The van der Waals surface area contributed by atoms with Crippen LogP contribution >= 0.6 is 23.1 Å². The first-order valence-corrected chi connectivity index (χ1v) is 15.2. The SMILES string of the molecule is C=C(C(=O)NCC1(c2ccccn2)CCN(CCOC)CC1)/C(F)=C(\C=C/N)Sc1cnc(Nc2cc(C)ccn2)s1. The summed E-state index contributed by atoms with van der Waals surface area (Å²) in [5.74, 6) is -0.659. The van der Waals surface area contributed by atoms with Gasteiger partial charge in [0.1, 0.15) is 11.6 Å². The lowest BCUT2D eigenvalue weighted by Gasteiger charge is -2.41. The molecule has 0 aromatic carbocycles. The third-order valence-corrected chi connectivity index (χ3v) is 9.12. The minimum absolute atomic E-state index is 0.160. The number of rotatable bonds is 13. The average Bonchev–Trinajstić information content (AvgIpc) is 3.45. The number of pyridine rings is 2. The number of nitrogens with two attached hydrogens (primary N) is 1. The van der Waals surface area contributed by atoms with Crippen LogP contribution in [-0.4, -0.2) is 65.7 Å². The summed E-state index contributed by atoms with van der Waals surface area (Å²) < 4.78 is 21.6. The fourth-order valence-electron chi connectivity index (χ4n) is 4.66. The molecule has 0 spiro atoms.